The summed E-state index contributed by atoms with van der Waals surface area (Å²) in [6.45, 7) is 6.51. The van der Waals surface area contributed by atoms with Crippen molar-refractivity contribution in [2.24, 2.45) is 0 Å². The molecule has 0 saturated carbocycles. The highest BCUT2D eigenvalue weighted by Crippen LogP contribution is 2.13. The molecule has 3 heterocycles. The Hall–Kier alpha value is -3.23. The van der Waals surface area contributed by atoms with Gasteiger partial charge in [0.1, 0.15) is 5.82 Å². The molecule has 1 aromatic heterocycles. The minimum Gasteiger partial charge on any atom is -0.378 e. The average molecular weight is 464 g/mol. The largest absolute Gasteiger partial charge is 0.378 e. The zero-order valence-corrected chi connectivity index (χ0v) is 19.5. The number of carbonyl (C=O) groups excluding carboxylic acids is 2. The first kappa shape index (κ1) is 23.9. The number of ether oxygens (including phenoxy) is 1. The lowest BCUT2D eigenvalue weighted by Gasteiger charge is -2.26. The van der Waals surface area contributed by atoms with Crippen molar-refractivity contribution >= 4 is 29.4 Å². The van der Waals surface area contributed by atoms with Crippen LogP contribution in [0.4, 0.5) is 16.3 Å². The summed E-state index contributed by atoms with van der Waals surface area (Å²) >= 11 is 0. The van der Waals surface area contributed by atoms with Crippen molar-refractivity contribution in [1.82, 2.24) is 14.8 Å². The Bertz CT molecular complexity index is 980. The lowest BCUT2D eigenvalue weighted by atomic mass is 10.1. The van der Waals surface area contributed by atoms with E-state index >= 15 is 0 Å². The molecule has 2 fully saturated rings. The van der Waals surface area contributed by atoms with E-state index in [-0.39, 0.29) is 11.8 Å². The van der Waals surface area contributed by atoms with Crippen LogP contribution < -0.4 is 10.6 Å². The second kappa shape index (κ2) is 12.3. The number of rotatable bonds is 8. The SMILES string of the molecule is O=C(C=Cc1cccc(NCCN2CCCCC2)n1)c1ccc(NC(=O)N2CCOCC2)cc1. The van der Waals surface area contributed by atoms with Gasteiger partial charge in [0.15, 0.2) is 5.78 Å². The Morgan fingerprint density at radius 2 is 1.74 bits per heavy atom. The summed E-state index contributed by atoms with van der Waals surface area (Å²) in [4.78, 5) is 33.7. The molecule has 2 saturated heterocycles. The first-order valence-electron chi connectivity index (χ1n) is 12.1. The maximum Gasteiger partial charge on any atom is 0.321 e. The van der Waals surface area contributed by atoms with Crippen molar-refractivity contribution in [3.05, 3.63) is 59.8 Å². The number of nitrogens with zero attached hydrogens (tertiary/aromatic N) is 3. The average Bonchev–Trinajstić information content (AvgIpc) is 2.89. The molecule has 0 radical (unpaired) electrons. The van der Waals surface area contributed by atoms with Crippen LogP contribution in [-0.4, -0.2) is 79.1 Å². The second-order valence-corrected chi connectivity index (χ2v) is 8.58. The number of urea groups is 1. The number of hydrogen-bond acceptors (Lipinski definition) is 6. The molecule has 2 aliphatic heterocycles. The van der Waals surface area contributed by atoms with Crippen LogP contribution in [0, 0.1) is 0 Å². The van der Waals surface area contributed by atoms with Gasteiger partial charge in [0.05, 0.1) is 18.9 Å². The molecule has 2 aromatic rings. The maximum atomic E-state index is 12.6. The number of benzene rings is 1. The maximum absolute atomic E-state index is 12.6. The minimum atomic E-state index is -0.155. The van der Waals surface area contributed by atoms with Gasteiger partial charge in [-0.3, -0.25) is 4.79 Å². The van der Waals surface area contributed by atoms with Crippen LogP contribution in [0.3, 0.4) is 0 Å². The highest BCUT2D eigenvalue weighted by Gasteiger charge is 2.16. The van der Waals surface area contributed by atoms with Gasteiger partial charge < -0.3 is 25.2 Å². The number of allylic oxidation sites excluding steroid dienone is 1. The first-order valence-corrected chi connectivity index (χ1v) is 12.1. The Morgan fingerprint density at radius 3 is 2.50 bits per heavy atom. The number of carbonyl (C=O) groups is 2. The number of pyridine rings is 1. The Kier molecular flexibility index (Phi) is 8.65. The van der Waals surface area contributed by atoms with E-state index in [9.17, 15) is 9.59 Å². The fraction of sp³-hybridized carbons (Fsp3) is 0.423. The van der Waals surface area contributed by atoms with Crippen molar-refractivity contribution in [2.45, 2.75) is 19.3 Å². The molecule has 0 spiro atoms. The molecule has 2 aliphatic rings. The zero-order valence-electron chi connectivity index (χ0n) is 19.5. The van der Waals surface area contributed by atoms with Gasteiger partial charge in [-0.1, -0.05) is 12.5 Å². The normalized spacial score (nSPS) is 17.0. The van der Waals surface area contributed by atoms with Gasteiger partial charge in [-0.2, -0.15) is 0 Å². The molecule has 180 valence electrons. The van der Waals surface area contributed by atoms with Crippen LogP contribution in [0.2, 0.25) is 0 Å². The van der Waals surface area contributed by atoms with E-state index in [1.807, 2.05) is 18.2 Å². The fourth-order valence-corrected chi connectivity index (χ4v) is 4.11. The molecule has 0 bridgehead atoms. The molecule has 4 rings (SSSR count). The number of likely N-dealkylation sites (tertiary alicyclic amines) is 1. The van der Waals surface area contributed by atoms with Gasteiger partial charge in [0.2, 0.25) is 0 Å². The van der Waals surface area contributed by atoms with Crippen molar-refractivity contribution in [3.8, 4) is 0 Å². The molecule has 1 aromatic carbocycles. The van der Waals surface area contributed by atoms with E-state index in [2.05, 4.69) is 20.5 Å². The van der Waals surface area contributed by atoms with Crippen molar-refractivity contribution in [3.63, 3.8) is 0 Å². The smallest absolute Gasteiger partial charge is 0.321 e. The fourth-order valence-electron chi connectivity index (χ4n) is 4.11. The second-order valence-electron chi connectivity index (χ2n) is 8.58. The van der Waals surface area contributed by atoms with E-state index in [0.717, 1.165) is 24.6 Å². The third-order valence-electron chi connectivity index (χ3n) is 6.08. The van der Waals surface area contributed by atoms with Crippen LogP contribution in [0.15, 0.2) is 48.5 Å². The first-order chi connectivity index (χ1) is 16.7. The van der Waals surface area contributed by atoms with Gasteiger partial charge in [-0.15, -0.1) is 0 Å². The predicted molar refractivity (Wildman–Crippen MR) is 134 cm³/mol. The van der Waals surface area contributed by atoms with Crippen molar-refractivity contribution in [2.75, 3.05) is 63.1 Å². The van der Waals surface area contributed by atoms with Crippen LogP contribution in [0.1, 0.15) is 35.3 Å². The summed E-state index contributed by atoms with van der Waals surface area (Å²) < 4.78 is 5.27. The van der Waals surface area contributed by atoms with Crippen LogP contribution >= 0.6 is 0 Å². The molecule has 0 atom stereocenters. The van der Waals surface area contributed by atoms with E-state index in [1.165, 1.54) is 38.4 Å². The third-order valence-corrected chi connectivity index (χ3v) is 6.08. The molecule has 34 heavy (non-hydrogen) atoms. The zero-order chi connectivity index (χ0) is 23.6. The molecular weight excluding hydrogens is 430 g/mol. The molecule has 8 nitrogen and oxygen atoms in total. The van der Waals surface area contributed by atoms with Gasteiger partial charge >= 0.3 is 6.03 Å². The standard InChI is InChI=1S/C26H33N5O3/c32-24(21-7-9-23(10-8-21)29-26(33)31-17-19-34-20-18-31)12-11-22-5-4-6-25(28-22)27-13-16-30-14-2-1-3-15-30/h4-12H,1-3,13-20H2,(H,27,28)(H,29,33). The summed E-state index contributed by atoms with van der Waals surface area (Å²) in [6, 6.07) is 12.5. The molecule has 2 N–H and O–H groups in total. The summed E-state index contributed by atoms with van der Waals surface area (Å²) in [7, 11) is 0. The monoisotopic (exact) mass is 463 g/mol. The summed E-state index contributed by atoms with van der Waals surface area (Å²) in [6.07, 6.45) is 7.18. The quantitative estimate of drug-likeness (QED) is 0.458. The number of nitrogens with one attached hydrogen (secondary N) is 2. The number of aromatic nitrogens is 1. The molecule has 0 unspecified atom stereocenters. The van der Waals surface area contributed by atoms with Crippen LogP contribution in [-0.2, 0) is 4.74 Å². The number of anilines is 2. The highest BCUT2D eigenvalue weighted by atomic mass is 16.5. The summed E-state index contributed by atoms with van der Waals surface area (Å²) in [5.41, 5.74) is 1.93. The van der Waals surface area contributed by atoms with Crippen LogP contribution in [0.25, 0.3) is 6.08 Å². The van der Waals surface area contributed by atoms with E-state index in [4.69, 9.17) is 4.74 Å². The Balaban J connectivity index is 1.26. The number of hydrogen-bond donors (Lipinski definition) is 2. The number of ketones is 1. The lowest BCUT2D eigenvalue weighted by molar-refractivity contribution is 0.0564. The van der Waals surface area contributed by atoms with Gasteiger partial charge in [-0.05, 0) is 74.5 Å². The predicted octanol–water partition coefficient (Wildman–Crippen LogP) is 3.74. The van der Waals surface area contributed by atoms with Gasteiger partial charge in [0.25, 0.3) is 0 Å². The number of morpholine rings is 1. The summed E-state index contributed by atoms with van der Waals surface area (Å²) in [5, 5.41) is 6.24. The van der Waals surface area contributed by atoms with E-state index < -0.39 is 0 Å². The Morgan fingerprint density at radius 1 is 0.971 bits per heavy atom. The summed E-state index contributed by atoms with van der Waals surface area (Å²) in [5.74, 6) is 0.697. The topological polar surface area (TPSA) is 86.8 Å². The molecule has 2 amide bonds. The minimum absolute atomic E-state index is 0.115. The number of amides is 2. The van der Waals surface area contributed by atoms with Gasteiger partial charge in [0, 0.05) is 37.4 Å². The van der Waals surface area contributed by atoms with E-state index in [0.29, 0.717) is 37.6 Å². The lowest BCUT2D eigenvalue weighted by Crippen LogP contribution is -2.43. The van der Waals surface area contributed by atoms with Gasteiger partial charge in [-0.25, -0.2) is 9.78 Å². The Labute approximate surface area is 201 Å². The van der Waals surface area contributed by atoms with E-state index in [1.54, 1.807) is 35.2 Å². The number of piperidine rings is 1. The third kappa shape index (κ3) is 7.13. The highest BCUT2D eigenvalue weighted by molar-refractivity contribution is 6.07. The molecular formula is C26H33N5O3. The van der Waals surface area contributed by atoms with Crippen molar-refractivity contribution < 1.29 is 14.3 Å². The van der Waals surface area contributed by atoms with Crippen molar-refractivity contribution in [1.29, 1.82) is 0 Å². The van der Waals surface area contributed by atoms with Crippen LogP contribution in [0.5, 0.6) is 0 Å². The molecule has 0 aliphatic carbocycles. The molecule has 8 heteroatoms.